The van der Waals surface area contributed by atoms with Gasteiger partial charge >= 0.3 is 0 Å². The summed E-state index contributed by atoms with van der Waals surface area (Å²) in [7, 11) is 2.51. The van der Waals surface area contributed by atoms with Gasteiger partial charge in [-0.15, -0.1) is 0 Å². The molecule has 0 fully saturated rings. The molecule has 3 nitrogen and oxygen atoms in total. The number of rotatable bonds is 1. The van der Waals surface area contributed by atoms with Gasteiger partial charge in [-0.25, -0.2) is 0 Å². The lowest BCUT2D eigenvalue weighted by Gasteiger charge is -2.04. The molecular formula is C12H10B2N2O. The van der Waals surface area contributed by atoms with Gasteiger partial charge in [0.05, 0.1) is 0 Å². The van der Waals surface area contributed by atoms with E-state index in [1.807, 2.05) is 30.5 Å². The van der Waals surface area contributed by atoms with Gasteiger partial charge in [-0.1, -0.05) is 23.1 Å². The number of pyridine rings is 1. The fraction of sp³-hybridized carbons (Fsp3) is 0. The molecular weight excluding hydrogens is 210 g/mol. The number of fused-ring (bicyclic) bond motifs is 3. The molecule has 1 N–H and O–H groups in total. The Balaban J connectivity index is 2.10. The van der Waals surface area contributed by atoms with Crippen molar-refractivity contribution in [2.75, 3.05) is 0 Å². The summed E-state index contributed by atoms with van der Waals surface area (Å²) in [5.41, 5.74) is 5.60. The molecule has 1 aromatic heterocycles. The molecule has 0 saturated carbocycles. The predicted molar refractivity (Wildman–Crippen MR) is 72.1 cm³/mol. The molecule has 3 rings (SSSR count). The van der Waals surface area contributed by atoms with Gasteiger partial charge in [-0.3, -0.25) is 9.78 Å². The summed E-state index contributed by atoms with van der Waals surface area (Å²) in [6.07, 6.45) is 3.70. The zero-order valence-corrected chi connectivity index (χ0v) is 9.53. The van der Waals surface area contributed by atoms with Gasteiger partial charge in [0.1, 0.15) is 0 Å². The quantitative estimate of drug-likeness (QED) is 0.519. The molecule has 5 heteroatoms. The Morgan fingerprint density at radius 3 is 2.88 bits per heavy atom. The molecule has 1 aliphatic rings. The first-order valence-corrected chi connectivity index (χ1v) is 5.58. The number of hydrogen-bond acceptors (Lipinski definition) is 2. The maximum absolute atomic E-state index is 11.6. The minimum absolute atomic E-state index is 0.0399. The second-order valence-electron chi connectivity index (χ2n) is 4.16. The van der Waals surface area contributed by atoms with Crippen molar-refractivity contribution >= 4 is 32.1 Å². The number of benzene rings is 1. The van der Waals surface area contributed by atoms with Crippen LogP contribution in [0.3, 0.4) is 0 Å². The van der Waals surface area contributed by atoms with Crippen molar-refractivity contribution in [3.05, 3.63) is 42.2 Å². The number of hydrogen-bond donors (Lipinski definition) is 1. The molecule has 0 radical (unpaired) electrons. The van der Waals surface area contributed by atoms with Crippen LogP contribution in [0.25, 0.3) is 11.1 Å². The summed E-state index contributed by atoms with van der Waals surface area (Å²) in [5.74, 6) is -0.0399. The van der Waals surface area contributed by atoms with Crippen molar-refractivity contribution in [3.8, 4) is 11.1 Å². The normalized spacial score (nSPS) is 11.3. The highest BCUT2D eigenvalue weighted by molar-refractivity contribution is 6.73. The molecule has 0 atom stereocenters. The zero-order chi connectivity index (χ0) is 11.8. The summed E-state index contributed by atoms with van der Waals surface area (Å²) in [6, 6.07) is 7.88. The molecule has 1 aliphatic heterocycles. The SMILES string of the molecule is BNC(=O)c1ccc2c(c1)Bc1cnccc1-2. The van der Waals surface area contributed by atoms with E-state index >= 15 is 0 Å². The molecule has 1 aromatic carbocycles. The molecule has 1 amide bonds. The largest absolute Gasteiger partial charge is 0.402 e. The van der Waals surface area contributed by atoms with Crippen LogP contribution < -0.4 is 16.2 Å². The van der Waals surface area contributed by atoms with Gasteiger partial charge in [-0.05, 0) is 23.3 Å². The summed E-state index contributed by atoms with van der Waals surface area (Å²) in [4.78, 5) is 15.7. The van der Waals surface area contributed by atoms with Crippen LogP contribution in [0.2, 0.25) is 0 Å². The van der Waals surface area contributed by atoms with E-state index in [2.05, 4.69) is 10.2 Å². The van der Waals surface area contributed by atoms with Gasteiger partial charge < -0.3 is 5.23 Å². The van der Waals surface area contributed by atoms with E-state index in [0.29, 0.717) is 5.56 Å². The molecule has 17 heavy (non-hydrogen) atoms. The van der Waals surface area contributed by atoms with E-state index in [0.717, 1.165) is 7.28 Å². The second kappa shape index (κ2) is 3.77. The van der Waals surface area contributed by atoms with Crippen molar-refractivity contribution in [2.24, 2.45) is 0 Å². The third kappa shape index (κ3) is 1.55. The predicted octanol–water partition coefficient (Wildman–Crippen LogP) is -1.27. The lowest BCUT2D eigenvalue weighted by Crippen LogP contribution is -2.24. The van der Waals surface area contributed by atoms with Crippen molar-refractivity contribution < 1.29 is 4.79 Å². The smallest absolute Gasteiger partial charge is 0.238 e. The Morgan fingerprint density at radius 1 is 1.24 bits per heavy atom. The monoisotopic (exact) mass is 220 g/mol. The van der Waals surface area contributed by atoms with Gasteiger partial charge in [0.2, 0.25) is 13.9 Å². The lowest BCUT2D eigenvalue weighted by molar-refractivity contribution is 0.0981. The Morgan fingerprint density at radius 2 is 2.06 bits per heavy atom. The van der Waals surface area contributed by atoms with Crippen LogP contribution in [0.5, 0.6) is 0 Å². The molecule has 0 aliphatic carbocycles. The van der Waals surface area contributed by atoms with Gasteiger partial charge in [0.25, 0.3) is 0 Å². The molecule has 0 unspecified atom stereocenters. The molecule has 0 spiro atoms. The first kappa shape index (κ1) is 10.1. The minimum atomic E-state index is -0.0399. The van der Waals surface area contributed by atoms with Crippen LogP contribution in [0.15, 0.2) is 36.7 Å². The van der Waals surface area contributed by atoms with Crippen LogP contribution in [0.4, 0.5) is 0 Å². The van der Waals surface area contributed by atoms with E-state index in [1.165, 1.54) is 22.1 Å². The summed E-state index contributed by atoms with van der Waals surface area (Å²) < 4.78 is 0. The van der Waals surface area contributed by atoms with Gasteiger partial charge in [0, 0.05) is 18.0 Å². The number of nitrogens with one attached hydrogen (secondary N) is 1. The second-order valence-corrected chi connectivity index (χ2v) is 4.16. The number of aromatic nitrogens is 1. The lowest BCUT2D eigenvalue weighted by atomic mass is 9.68. The van der Waals surface area contributed by atoms with Crippen LogP contribution in [-0.4, -0.2) is 26.2 Å². The third-order valence-corrected chi connectivity index (χ3v) is 3.17. The average molecular weight is 220 g/mol. The van der Waals surface area contributed by atoms with E-state index in [-0.39, 0.29) is 5.91 Å². The maximum Gasteiger partial charge on any atom is 0.238 e. The standard InChI is InChI=1S/C12H10B2N2O/c13-16-12(17)7-1-2-8-9-3-4-15-6-11(9)14-10(8)5-7/h1-6,14H,13H2,(H,16,17). The van der Waals surface area contributed by atoms with Crippen LogP contribution in [-0.2, 0) is 0 Å². The highest BCUT2D eigenvalue weighted by Crippen LogP contribution is 2.19. The Hall–Kier alpha value is -2.03. The van der Waals surface area contributed by atoms with E-state index in [9.17, 15) is 4.79 Å². The van der Waals surface area contributed by atoms with Crippen molar-refractivity contribution in [2.45, 2.75) is 0 Å². The third-order valence-electron chi connectivity index (χ3n) is 3.17. The molecule has 2 aromatic rings. The van der Waals surface area contributed by atoms with Crippen LogP contribution in [0.1, 0.15) is 10.4 Å². The highest BCUT2D eigenvalue weighted by atomic mass is 16.1. The highest BCUT2D eigenvalue weighted by Gasteiger charge is 2.20. The summed E-state index contributed by atoms with van der Waals surface area (Å²) >= 11 is 0. The summed E-state index contributed by atoms with van der Waals surface area (Å²) in [6.45, 7) is 0. The van der Waals surface area contributed by atoms with Crippen molar-refractivity contribution in [3.63, 3.8) is 0 Å². The van der Waals surface area contributed by atoms with E-state index in [4.69, 9.17) is 0 Å². The number of amides is 1. The molecule has 0 bridgehead atoms. The van der Waals surface area contributed by atoms with Gasteiger partial charge in [0.15, 0.2) is 7.28 Å². The Labute approximate surface area is 101 Å². The van der Waals surface area contributed by atoms with E-state index in [1.54, 1.807) is 14.2 Å². The Bertz CT molecular complexity index is 613. The topological polar surface area (TPSA) is 42.0 Å². The number of nitrogens with zero attached hydrogens (tertiary/aromatic N) is 1. The van der Waals surface area contributed by atoms with Crippen LogP contribution in [0, 0.1) is 0 Å². The van der Waals surface area contributed by atoms with Crippen molar-refractivity contribution in [1.82, 2.24) is 10.2 Å². The fourth-order valence-corrected chi connectivity index (χ4v) is 2.32. The molecule has 0 saturated heterocycles. The molecule has 80 valence electrons. The van der Waals surface area contributed by atoms with Crippen molar-refractivity contribution in [1.29, 1.82) is 0 Å². The van der Waals surface area contributed by atoms with Crippen LogP contribution >= 0.6 is 0 Å². The first-order valence-electron chi connectivity index (χ1n) is 5.58. The molecule has 2 heterocycles. The Kier molecular flexibility index (Phi) is 2.25. The minimum Gasteiger partial charge on any atom is -0.402 e. The summed E-state index contributed by atoms with van der Waals surface area (Å²) in [5, 5.41) is 2.64. The zero-order valence-electron chi connectivity index (χ0n) is 9.53. The first-order chi connectivity index (χ1) is 8.29. The van der Waals surface area contributed by atoms with E-state index < -0.39 is 0 Å². The average Bonchev–Trinajstić information content (AvgIpc) is 2.75. The maximum atomic E-state index is 11.6. The number of carbonyl (C=O) groups is 1. The fourth-order valence-electron chi connectivity index (χ4n) is 2.32. The number of carbonyl (C=O) groups excluding carboxylic acids is 1. The van der Waals surface area contributed by atoms with Gasteiger partial charge in [-0.2, -0.15) is 0 Å².